The summed E-state index contributed by atoms with van der Waals surface area (Å²) >= 11 is 0. The minimum absolute atomic E-state index is 0.517. The molecule has 7 heteroatoms. The van der Waals surface area contributed by atoms with E-state index in [0.29, 0.717) is 17.9 Å². The fraction of sp³-hybridized carbons (Fsp3) is 0.273. The van der Waals surface area contributed by atoms with Crippen LogP contribution in [0, 0.1) is 0 Å². The molecule has 1 unspecified atom stereocenters. The molecule has 1 aromatic rings. The lowest BCUT2D eigenvalue weighted by Gasteiger charge is -2.34. The molecule has 0 amide bonds. The summed E-state index contributed by atoms with van der Waals surface area (Å²) in [4.78, 5) is 20.6. The molecule has 0 aliphatic heterocycles. The molecule has 0 fully saturated rings. The molecule has 0 aromatic heterocycles. The largest absolute Gasteiger partial charge is 0.494 e. The minimum Gasteiger partial charge on any atom is -0.494 e. The van der Waals surface area contributed by atoms with E-state index in [0.717, 1.165) is 23.3 Å². The maximum absolute atomic E-state index is 10.5. The molecule has 0 spiro atoms. The molecule has 1 aromatic carbocycles. The topological polar surface area (TPSA) is 102 Å². The molecule has 0 saturated carbocycles. The number of benzene rings is 1. The molecule has 0 bridgehead atoms. The van der Waals surface area contributed by atoms with Gasteiger partial charge in [-0.25, -0.2) is 9.59 Å². The fourth-order valence-electron chi connectivity index (χ4n) is 2.67. The van der Waals surface area contributed by atoms with Crippen molar-refractivity contribution in [2.24, 2.45) is 0 Å². The van der Waals surface area contributed by atoms with Crippen molar-refractivity contribution in [2.75, 3.05) is 21.3 Å². The highest BCUT2D eigenvalue weighted by atomic mass is 16.5. The quantitative estimate of drug-likeness (QED) is 0.671. The smallest absolute Gasteiger partial charge is 0.328 e. The van der Waals surface area contributed by atoms with Crippen molar-refractivity contribution < 1.29 is 34.0 Å². The third-order valence-corrected chi connectivity index (χ3v) is 4.09. The Labute approximate surface area is 170 Å². The summed E-state index contributed by atoms with van der Waals surface area (Å²) in [6.07, 6.45) is 7.57. The SMILES string of the molecule is COC1=C(OC)C(C)(OC)CC(C=CC(=O)O)=C1.O=C(O)C=Cc1ccccc1. The summed E-state index contributed by atoms with van der Waals surface area (Å²) in [5.41, 5.74) is 1.04. The second kappa shape index (κ2) is 11.5. The van der Waals surface area contributed by atoms with Crippen LogP contribution in [0.4, 0.5) is 0 Å². The van der Waals surface area contributed by atoms with Gasteiger partial charge in [-0.1, -0.05) is 36.4 Å². The van der Waals surface area contributed by atoms with Crippen molar-refractivity contribution in [3.63, 3.8) is 0 Å². The Morgan fingerprint density at radius 3 is 2.03 bits per heavy atom. The van der Waals surface area contributed by atoms with Crippen LogP contribution in [-0.4, -0.2) is 49.1 Å². The lowest BCUT2D eigenvalue weighted by molar-refractivity contribution is -0.132. The summed E-state index contributed by atoms with van der Waals surface area (Å²) < 4.78 is 16.0. The summed E-state index contributed by atoms with van der Waals surface area (Å²) in [5.74, 6) is -0.775. The van der Waals surface area contributed by atoms with Gasteiger partial charge in [0.25, 0.3) is 0 Å². The van der Waals surface area contributed by atoms with Crippen molar-refractivity contribution in [3.05, 3.63) is 77.3 Å². The molecule has 7 nitrogen and oxygen atoms in total. The number of carboxylic acid groups (broad SMARTS) is 2. The van der Waals surface area contributed by atoms with Crippen LogP contribution in [0.5, 0.6) is 0 Å². The van der Waals surface area contributed by atoms with Gasteiger partial charge in [-0.05, 0) is 30.2 Å². The summed E-state index contributed by atoms with van der Waals surface area (Å²) in [6, 6.07) is 9.31. The molecule has 1 aliphatic rings. The Morgan fingerprint density at radius 2 is 1.55 bits per heavy atom. The second-order valence-corrected chi connectivity index (χ2v) is 6.19. The molecule has 1 aliphatic carbocycles. The zero-order valence-corrected chi connectivity index (χ0v) is 16.9. The third-order valence-electron chi connectivity index (χ3n) is 4.09. The van der Waals surface area contributed by atoms with Gasteiger partial charge in [-0.3, -0.25) is 0 Å². The number of hydrogen-bond acceptors (Lipinski definition) is 5. The van der Waals surface area contributed by atoms with Crippen LogP contribution in [0.15, 0.2) is 71.7 Å². The standard InChI is InChI=1S/C13H18O5.C9H8O2/c1-13(18-4)8-9(5-6-11(14)15)7-10(16-2)12(13)17-3;10-9(11)7-6-8-4-2-1-3-5-8/h5-7H,8H2,1-4H3,(H,14,15);1-7H,(H,10,11). The molecule has 29 heavy (non-hydrogen) atoms. The maximum Gasteiger partial charge on any atom is 0.328 e. The number of hydrogen-bond donors (Lipinski definition) is 2. The fourth-order valence-corrected chi connectivity index (χ4v) is 2.67. The number of aliphatic carboxylic acids is 2. The highest BCUT2D eigenvalue weighted by molar-refractivity contribution is 5.85. The van der Waals surface area contributed by atoms with E-state index < -0.39 is 17.5 Å². The van der Waals surface area contributed by atoms with Crippen LogP contribution < -0.4 is 0 Å². The number of ether oxygens (including phenoxy) is 3. The first-order chi connectivity index (χ1) is 13.8. The van der Waals surface area contributed by atoms with Crippen LogP contribution in [0.2, 0.25) is 0 Å². The summed E-state index contributed by atoms with van der Waals surface area (Å²) in [6.45, 7) is 1.87. The minimum atomic E-state index is -0.990. The van der Waals surface area contributed by atoms with Crippen molar-refractivity contribution in [2.45, 2.75) is 18.9 Å². The monoisotopic (exact) mass is 402 g/mol. The summed E-state index contributed by atoms with van der Waals surface area (Å²) in [7, 11) is 4.67. The number of carbonyl (C=O) groups is 2. The van der Waals surface area contributed by atoms with E-state index in [9.17, 15) is 9.59 Å². The van der Waals surface area contributed by atoms with Crippen LogP contribution in [0.1, 0.15) is 18.9 Å². The van der Waals surface area contributed by atoms with Crippen molar-refractivity contribution >= 4 is 18.0 Å². The van der Waals surface area contributed by atoms with E-state index in [1.165, 1.54) is 13.2 Å². The van der Waals surface area contributed by atoms with Crippen LogP contribution in [0.25, 0.3) is 6.08 Å². The number of methoxy groups -OCH3 is 3. The van der Waals surface area contributed by atoms with Crippen LogP contribution in [-0.2, 0) is 23.8 Å². The van der Waals surface area contributed by atoms with Crippen molar-refractivity contribution in [1.29, 1.82) is 0 Å². The van der Waals surface area contributed by atoms with Crippen molar-refractivity contribution in [1.82, 2.24) is 0 Å². The average molecular weight is 402 g/mol. The zero-order chi connectivity index (χ0) is 21.9. The van der Waals surface area contributed by atoms with Gasteiger partial charge >= 0.3 is 11.9 Å². The molecular formula is C22H26O7. The molecule has 156 valence electrons. The first kappa shape index (κ1) is 23.7. The molecule has 0 radical (unpaired) electrons. The Balaban J connectivity index is 0.000000326. The average Bonchev–Trinajstić information content (AvgIpc) is 2.71. The maximum atomic E-state index is 10.5. The Kier molecular flexibility index (Phi) is 9.41. The zero-order valence-electron chi connectivity index (χ0n) is 16.9. The third kappa shape index (κ3) is 7.67. The Morgan fingerprint density at radius 1 is 0.966 bits per heavy atom. The van der Waals surface area contributed by atoms with E-state index in [2.05, 4.69) is 0 Å². The van der Waals surface area contributed by atoms with Gasteiger partial charge in [0.15, 0.2) is 11.5 Å². The van der Waals surface area contributed by atoms with Gasteiger partial charge in [-0.15, -0.1) is 0 Å². The highest BCUT2D eigenvalue weighted by Gasteiger charge is 2.37. The number of rotatable bonds is 7. The first-order valence-corrected chi connectivity index (χ1v) is 8.71. The Hall–Kier alpha value is -3.32. The van der Waals surface area contributed by atoms with Gasteiger partial charge in [0.2, 0.25) is 0 Å². The normalized spacial score (nSPS) is 18.8. The lowest BCUT2D eigenvalue weighted by atomic mass is 9.88. The van der Waals surface area contributed by atoms with E-state index in [4.69, 9.17) is 24.4 Å². The van der Waals surface area contributed by atoms with E-state index >= 15 is 0 Å². The molecular weight excluding hydrogens is 376 g/mol. The lowest BCUT2D eigenvalue weighted by Crippen LogP contribution is -2.34. The van der Waals surface area contributed by atoms with E-state index in [1.54, 1.807) is 26.4 Å². The van der Waals surface area contributed by atoms with Gasteiger partial charge in [0.05, 0.1) is 14.2 Å². The first-order valence-electron chi connectivity index (χ1n) is 8.71. The Bertz CT molecular complexity index is 819. The number of carboxylic acids is 2. The molecule has 1 atom stereocenters. The summed E-state index contributed by atoms with van der Waals surface area (Å²) in [5, 5.41) is 16.9. The molecule has 2 N–H and O–H groups in total. The van der Waals surface area contributed by atoms with Gasteiger partial charge < -0.3 is 24.4 Å². The molecule has 2 rings (SSSR count). The predicted octanol–water partition coefficient (Wildman–Crippen LogP) is 3.65. The highest BCUT2D eigenvalue weighted by Crippen LogP contribution is 2.36. The van der Waals surface area contributed by atoms with E-state index in [-0.39, 0.29) is 0 Å². The second-order valence-electron chi connectivity index (χ2n) is 6.19. The number of allylic oxidation sites excluding steroid dienone is 2. The molecule has 0 saturated heterocycles. The molecule has 0 heterocycles. The van der Waals surface area contributed by atoms with E-state index in [1.807, 2.05) is 37.3 Å². The van der Waals surface area contributed by atoms with Gasteiger partial charge in [0.1, 0.15) is 5.60 Å². The van der Waals surface area contributed by atoms with Crippen molar-refractivity contribution in [3.8, 4) is 0 Å². The van der Waals surface area contributed by atoms with Crippen LogP contribution in [0.3, 0.4) is 0 Å². The predicted molar refractivity (Wildman–Crippen MR) is 109 cm³/mol. The van der Waals surface area contributed by atoms with Gasteiger partial charge in [-0.2, -0.15) is 0 Å². The van der Waals surface area contributed by atoms with Crippen LogP contribution >= 0.6 is 0 Å². The van der Waals surface area contributed by atoms with Gasteiger partial charge in [0, 0.05) is 25.7 Å².